The SMILES string of the molecule is CC(C)CC(C)(CN)NC(=O)CN1C(=O)NC2(CCCCC2)C1=O.Cl. The van der Waals surface area contributed by atoms with Crippen molar-refractivity contribution in [1.82, 2.24) is 15.5 Å². The average Bonchev–Trinajstić information content (AvgIpc) is 2.71. The molecule has 1 saturated heterocycles. The largest absolute Gasteiger partial charge is 0.348 e. The van der Waals surface area contributed by atoms with E-state index in [0.29, 0.717) is 25.3 Å². The van der Waals surface area contributed by atoms with Crippen LogP contribution >= 0.6 is 12.4 Å². The van der Waals surface area contributed by atoms with Crippen molar-refractivity contribution in [2.75, 3.05) is 13.1 Å². The summed E-state index contributed by atoms with van der Waals surface area (Å²) in [6, 6.07) is -0.463. The van der Waals surface area contributed by atoms with Gasteiger partial charge in [0.2, 0.25) is 5.91 Å². The molecule has 0 aromatic rings. The molecule has 4 amide bonds. The molecule has 8 heteroatoms. The van der Waals surface area contributed by atoms with Crippen LogP contribution in [-0.2, 0) is 9.59 Å². The van der Waals surface area contributed by atoms with E-state index in [2.05, 4.69) is 24.5 Å². The summed E-state index contributed by atoms with van der Waals surface area (Å²) in [4.78, 5) is 38.3. The van der Waals surface area contributed by atoms with Crippen LogP contribution in [0, 0.1) is 5.92 Å². The quantitative estimate of drug-likeness (QED) is 0.613. The molecule has 2 fully saturated rings. The minimum atomic E-state index is -0.787. The number of halogens is 1. The van der Waals surface area contributed by atoms with Gasteiger partial charge in [0.25, 0.3) is 5.91 Å². The van der Waals surface area contributed by atoms with E-state index >= 15 is 0 Å². The minimum absolute atomic E-state index is 0. The van der Waals surface area contributed by atoms with E-state index in [1.807, 2.05) is 6.92 Å². The summed E-state index contributed by atoms with van der Waals surface area (Å²) in [5.41, 5.74) is 4.48. The highest BCUT2D eigenvalue weighted by atomic mass is 35.5. The molecule has 144 valence electrons. The summed E-state index contributed by atoms with van der Waals surface area (Å²) in [6.45, 7) is 6.06. The Morgan fingerprint density at radius 1 is 1.32 bits per heavy atom. The molecule has 1 spiro atoms. The molecule has 0 bridgehead atoms. The van der Waals surface area contributed by atoms with Crippen molar-refractivity contribution in [3.63, 3.8) is 0 Å². The second-order valence-electron chi connectivity index (χ2n) is 7.88. The Bertz CT molecular complexity index is 520. The fraction of sp³-hybridized carbons (Fsp3) is 0.824. The van der Waals surface area contributed by atoms with Crippen molar-refractivity contribution in [3.05, 3.63) is 0 Å². The van der Waals surface area contributed by atoms with Gasteiger partial charge in [-0.2, -0.15) is 0 Å². The molecule has 2 rings (SSSR count). The number of hydrogen-bond acceptors (Lipinski definition) is 4. The van der Waals surface area contributed by atoms with Crippen LogP contribution in [0.1, 0.15) is 59.3 Å². The number of nitrogens with zero attached hydrogens (tertiary/aromatic N) is 1. The smallest absolute Gasteiger partial charge is 0.325 e. The maximum atomic E-state index is 12.7. The zero-order chi connectivity index (χ0) is 18.0. The van der Waals surface area contributed by atoms with Crippen LogP contribution in [0.25, 0.3) is 0 Å². The van der Waals surface area contributed by atoms with Crippen LogP contribution in [0.15, 0.2) is 0 Å². The van der Waals surface area contributed by atoms with Gasteiger partial charge in [0.05, 0.1) is 0 Å². The number of amides is 4. The molecule has 0 aromatic carbocycles. The normalized spacial score (nSPS) is 21.7. The Balaban J connectivity index is 0.00000312. The van der Waals surface area contributed by atoms with E-state index in [-0.39, 0.29) is 30.8 Å². The topological polar surface area (TPSA) is 105 Å². The minimum Gasteiger partial charge on any atom is -0.348 e. The summed E-state index contributed by atoms with van der Waals surface area (Å²) in [5.74, 6) is -0.235. The van der Waals surface area contributed by atoms with Crippen molar-refractivity contribution < 1.29 is 14.4 Å². The van der Waals surface area contributed by atoms with E-state index in [1.54, 1.807) is 0 Å². The first-order valence-electron chi connectivity index (χ1n) is 8.86. The lowest BCUT2D eigenvalue weighted by molar-refractivity contribution is -0.136. The van der Waals surface area contributed by atoms with Crippen LogP contribution in [0.3, 0.4) is 0 Å². The van der Waals surface area contributed by atoms with Crippen LogP contribution in [0.2, 0.25) is 0 Å². The van der Waals surface area contributed by atoms with Crippen LogP contribution < -0.4 is 16.4 Å². The average molecular weight is 375 g/mol. The van der Waals surface area contributed by atoms with Gasteiger partial charge in [-0.15, -0.1) is 12.4 Å². The molecule has 25 heavy (non-hydrogen) atoms. The zero-order valence-corrected chi connectivity index (χ0v) is 16.2. The van der Waals surface area contributed by atoms with Crippen molar-refractivity contribution in [1.29, 1.82) is 0 Å². The first-order valence-corrected chi connectivity index (χ1v) is 8.86. The van der Waals surface area contributed by atoms with Gasteiger partial charge in [0.1, 0.15) is 12.1 Å². The van der Waals surface area contributed by atoms with Gasteiger partial charge in [0, 0.05) is 12.1 Å². The number of rotatable bonds is 6. The monoisotopic (exact) mass is 374 g/mol. The van der Waals surface area contributed by atoms with Crippen molar-refractivity contribution in [3.8, 4) is 0 Å². The molecule has 7 nitrogen and oxygen atoms in total. The maximum absolute atomic E-state index is 12.7. The standard InChI is InChI=1S/C17H30N4O3.ClH/c1-12(2)9-16(3,11-18)19-13(22)10-21-14(23)17(20-15(21)24)7-5-4-6-8-17;/h12H,4-11,18H2,1-3H3,(H,19,22)(H,20,24);1H. The Morgan fingerprint density at radius 3 is 2.44 bits per heavy atom. The summed E-state index contributed by atoms with van der Waals surface area (Å²) < 4.78 is 0. The van der Waals surface area contributed by atoms with E-state index in [1.165, 1.54) is 0 Å². The number of nitrogens with one attached hydrogen (secondary N) is 2. The predicted octanol–water partition coefficient (Wildman–Crippen LogP) is 1.54. The number of imide groups is 1. The van der Waals surface area contributed by atoms with E-state index in [4.69, 9.17) is 5.73 Å². The molecule has 1 atom stereocenters. The summed E-state index contributed by atoms with van der Waals surface area (Å²) in [6.07, 6.45) is 4.97. The molecular weight excluding hydrogens is 344 g/mol. The first kappa shape index (κ1) is 21.7. The van der Waals surface area contributed by atoms with Crippen LogP contribution in [0.5, 0.6) is 0 Å². The highest BCUT2D eigenvalue weighted by Crippen LogP contribution is 2.33. The molecule has 4 N–H and O–H groups in total. The van der Waals surface area contributed by atoms with Crippen molar-refractivity contribution >= 4 is 30.3 Å². The molecule has 1 aliphatic carbocycles. The number of carbonyl (C=O) groups is 3. The first-order chi connectivity index (χ1) is 11.2. The molecule has 2 aliphatic rings. The lowest BCUT2D eigenvalue weighted by Crippen LogP contribution is -2.55. The molecule has 0 aromatic heterocycles. The predicted molar refractivity (Wildman–Crippen MR) is 98.4 cm³/mol. The Morgan fingerprint density at radius 2 is 1.92 bits per heavy atom. The molecule has 1 heterocycles. The van der Waals surface area contributed by atoms with E-state index in [9.17, 15) is 14.4 Å². The third kappa shape index (κ3) is 4.85. The summed E-state index contributed by atoms with van der Waals surface area (Å²) >= 11 is 0. The van der Waals surface area contributed by atoms with Gasteiger partial charge in [-0.25, -0.2) is 4.79 Å². The van der Waals surface area contributed by atoms with Crippen LogP contribution in [-0.4, -0.2) is 46.9 Å². The number of urea groups is 1. The molecular formula is C17H31ClN4O3. The number of carbonyl (C=O) groups excluding carboxylic acids is 3. The Labute approximate surface area is 155 Å². The fourth-order valence-electron chi connectivity index (χ4n) is 3.92. The third-order valence-electron chi connectivity index (χ3n) is 5.01. The zero-order valence-electron chi connectivity index (χ0n) is 15.4. The van der Waals surface area contributed by atoms with Gasteiger partial charge >= 0.3 is 6.03 Å². The molecule has 1 aliphatic heterocycles. The van der Waals surface area contributed by atoms with Crippen molar-refractivity contribution in [2.45, 2.75) is 70.4 Å². The number of hydrogen-bond donors (Lipinski definition) is 3. The van der Waals surface area contributed by atoms with Gasteiger partial charge in [-0.05, 0) is 32.1 Å². The molecule has 1 saturated carbocycles. The summed E-state index contributed by atoms with van der Waals surface area (Å²) in [5, 5.41) is 5.71. The maximum Gasteiger partial charge on any atom is 0.325 e. The molecule has 1 unspecified atom stereocenters. The fourth-order valence-corrected chi connectivity index (χ4v) is 3.92. The van der Waals surface area contributed by atoms with E-state index in [0.717, 1.165) is 30.6 Å². The molecule has 0 radical (unpaired) electrons. The lowest BCUT2D eigenvalue weighted by atomic mass is 9.82. The highest BCUT2D eigenvalue weighted by Gasteiger charge is 2.51. The highest BCUT2D eigenvalue weighted by molar-refractivity contribution is 6.09. The number of nitrogens with two attached hydrogens (primary N) is 1. The Hall–Kier alpha value is -1.34. The second kappa shape index (κ2) is 8.36. The van der Waals surface area contributed by atoms with Gasteiger partial charge in [-0.3, -0.25) is 14.5 Å². The lowest BCUT2D eigenvalue weighted by Gasteiger charge is -2.32. The summed E-state index contributed by atoms with van der Waals surface area (Å²) in [7, 11) is 0. The van der Waals surface area contributed by atoms with Gasteiger partial charge < -0.3 is 16.4 Å². The van der Waals surface area contributed by atoms with Gasteiger partial charge in [0.15, 0.2) is 0 Å². The third-order valence-corrected chi connectivity index (χ3v) is 5.01. The second-order valence-corrected chi connectivity index (χ2v) is 7.88. The van der Waals surface area contributed by atoms with E-state index < -0.39 is 17.1 Å². The van der Waals surface area contributed by atoms with Crippen molar-refractivity contribution in [2.24, 2.45) is 11.7 Å². The Kier molecular flexibility index (Phi) is 7.26. The van der Waals surface area contributed by atoms with Gasteiger partial charge in [-0.1, -0.05) is 33.1 Å². The van der Waals surface area contributed by atoms with Crippen LogP contribution in [0.4, 0.5) is 4.79 Å².